The minimum absolute atomic E-state index is 0.235. The normalized spacial score (nSPS) is 11.7. The van der Waals surface area contributed by atoms with Crippen LogP contribution in [0.1, 0.15) is 10.4 Å². The number of halogens is 2. The summed E-state index contributed by atoms with van der Waals surface area (Å²) in [6.07, 6.45) is 1.36. The summed E-state index contributed by atoms with van der Waals surface area (Å²) in [5.41, 5.74) is 0.774. The number of hydrogen-bond donors (Lipinski definition) is 2. The Bertz CT molecular complexity index is 1420. The second kappa shape index (κ2) is 7.17. The molecule has 0 spiro atoms. The predicted molar refractivity (Wildman–Crippen MR) is 107 cm³/mol. The molecule has 4 rings (SSSR count). The molecular weight excluding hydrogens is 435 g/mol. The Morgan fingerprint density at radius 2 is 1.77 bits per heavy atom. The molecule has 2 heterocycles. The van der Waals surface area contributed by atoms with Crippen molar-refractivity contribution in [1.82, 2.24) is 14.6 Å². The van der Waals surface area contributed by atoms with Crippen LogP contribution in [-0.4, -0.2) is 34.1 Å². The maximum atomic E-state index is 13.5. The lowest BCUT2D eigenvalue weighted by Crippen LogP contribution is -2.16. The SMILES string of the molecule is NS(=O)(=O)c1nn2c(-c3ccc(F)cc3)c(-c3ccccc3Cl)cnc2c1C(=O)O. The Kier molecular flexibility index (Phi) is 4.77. The number of carbonyl (C=O) groups is 1. The van der Waals surface area contributed by atoms with Gasteiger partial charge in [0, 0.05) is 27.9 Å². The Morgan fingerprint density at radius 1 is 1.10 bits per heavy atom. The van der Waals surface area contributed by atoms with Gasteiger partial charge in [-0.05, 0) is 30.3 Å². The molecule has 0 saturated carbocycles. The van der Waals surface area contributed by atoms with Gasteiger partial charge < -0.3 is 5.11 Å². The van der Waals surface area contributed by atoms with Crippen LogP contribution in [0.5, 0.6) is 0 Å². The highest BCUT2D eigenvalue weighted by atomic mass is 35.5. The average molecular weight is 447 g/mol. The van der Waals surface area contributed by atoms with Gasteiger partial charge in [0.2, 0.25) is 5.03 Å². The van der Waals surface area contributed by atoms with Crippen molar-refractivity contribution in [3.8, 4) is 22.4 Å². The van der Waals surface area contributed by atoms with Crippen molar-refractivity contribution in [2.45, 2.75) is 5.03 Å². The molecule has 0 saturated heterocycles. The summed E-state index contributed by atoms with van der Waals surface area (Å²) in [7, 11) is -4.47. The monoisotopic (exact) mass is 446 g/mol. The Morgan fingerprint density at radius 3 is 2.37 bits per heavy atom. The highest BCUT2D eigenvalue weighted by Gasteiger charge is 2.30. The second-order valence-corrected chi connectivity index (χ2v) is 8.16. The number of carboxylic acids is 1. The second-order valence-electron chi connectivity index (χ2n) is 6.27. The van der Waals surface area contributed by atoms with Crippen molar-refractivity contribution in [2.24, 2.45) is 5.14 Å². The van der Waals surface area contributed by atoms with Crippen LogP contribution in [-0.2, 0) is 10.0 Å². The van der Waals surface area contributed by atoms with Crippen LogP contribution in [0.3, 0.4) is 0 Å². The quantitative estimate of drug-likeness (QED) is 0.495. The molecule has 0 bridgehead atoms. The molecule has 0 fully saturated rings. The van der Waals surface area contributed by atoms with E-state index in [0.717, 1.165) is 4.52 Å². The molecule has 0 aliphatic rings. The van der Waals surface area contributed by atoms with Crippen molar-refractivity contribution in [3.63, 3.8) is 0 Å². The summed E-state index contributed by atoms with van der Waals surface area (Å²) in [6, 6.07) is 12.1. The first-order chi connectivity index (χ1) is 14.2. The zero-order valence-electron chi connectivity index (χ0n) is 15.0. The van der Waals surface area contributed by atoms with Crippen LogP contribution in [0, 0.1) is 5.82 Å². The number of rotatable bonds is 4. The van der Waals surface area contributed by atoms with E-state index >= 15 is 0 Å². The molecule has 4 aromatic rings. The minimum Gasteiger partial charge on any atom is -0.477 e. The van der Waals surface area contributed by atoms with Crippen LogP contribution >= 0.6 is 11.6 Å². The summed E-state index contributed by atoms with van der Waals surface area (Å²) < 4.78 is 38.5. The summed E-state index contributed by atoms with van der Waals surface area (Å²) >= 11 is 6.33. The molecule has 2 aromatic heterocycles. The van der Waals surface area contributed by atoms with Crippen LogP contribution in [0.4, 0.5) is 4.39 Å². The summed E-state index contributed by atoms with van der Waals surface area (Å²) in [5.74, 6) is -2.04. The standard InChI is InChI=1S/C19H12ClFN4O4S/c20-14-4-2-1-3-12(14)13-9-23-17-15(19(26)27)18(30(22,28)29)24-25(17)16(13)10-5-7-11(21)8-6-10/h1-9H,(H,26,27)(H2,22,28,29). The third kappa shape index (κ3) is 3.30. The number of hydrogen-bond acceptors (Lipinski definition) is 5. The Labute approximate surface area is 174 Å². The van der Waals surface area contributed by atoms with Gasteiger partial charge >= 0.3 is 5.97 Å². The molecule has 8 nitrogen and oxygen atoms in total. The van der Waals surface area contributed by atoms with Crippen molar-refractivity contribution in [3.05, 3.63) is 71.1 Å². The van der Waals surface area contributed by atoms with Crippen molar-refractivity contribution in [1.29, 1.82) is 0 Å². The molecule has 0 amide bonds. The van der Waals surface area contributed by atoms with E-state index < -0.39 is 32.4 Å². The fourth-order valence-corrected chi connectivity index (χ4v) is 4.01. The van der Waals surface area contributed by atoms with Crippen molar-refractivity contribution in [2.75, 3.05) is 0 Å². The van der Waals surface area contributed by atoms with Gasteiger partial charge in [0.25, 0.3) is 10.0 Å². The first-order valence-corrected chi connectivity index (χ1v) is 10.3. The van der Waals surface area contributed by atoms with Crippen molar-refractivity contribution >= 4 is 33.2 Å². The zero-order valence-corrected chi connectivity index (χ0v) is 16.5. The minimum atomic E-state index is -4.47. The van der Waals surface area contributed by atoms with Crippen LogP contribution in [0.2, 0.25) is 5.02 Å². The third-order valence-electron chi connectivity index (χ3n) is 4.38. The number of nitrogens with zero attached hydrogens (tertiary/aromatic N) is 3. The molecular formula is C19H12ClFN4O4S. The van der Waals surface area contributed by atoms with Gasteiger partial charge in [0.1, 0.15) is 11.4 Å². The van der Waals surface area contributed by atoms with Gasteiger partial charge in [-0.2, -0.15) is 5.10 Å². The zero-order chi connectivity index (χ0) is 21.6. The van der Waals surface area contributed by atoms with Crippen LogP contribution < -0.4 is 5.14 Å². The predicted octanol–water partition coefficient (Wildman–Crippen LogP) is 3.20. The average Bonchev–Trinajstić information content (AvgIpc) is 3.09. The highest BCUT2D eigenvalue weighted by molar-refractivity contribution is 7.89. The molecule has 30 heavy (non-hydrogen) atoms. The number of nitrogens with two attached hydrogens (primary N) is 1. The van der Waals surface area contributed by atoms with Gasteiger partial charge in [-0.1, -0.05) is 29.8 Å². The van der Waals surface area contributed by atoms with E-state index in [1.165, 1.54) is 30.5 Å². The fourth-order valence-electron chi connectivity index (χ4n) is 3.11. The Hall–Kier alpha value is -3.34. The van der Waals surface area contributed by atoms with E-state index in [9.17, 15) is 22.7 Å². The largest absolute Gasteiger partial charge is 0.477 e. The van der Waals surface area contributed by atoms with Crippen LogP contribution in [0.25, 0.3) is 28.0 Å². The number of sulfonamides is 1. The number of fused-ring (bicyclic) bond motifs is 1. The van der Waals surface area contributed by atoms with Crippen molar-refractivity contribution < 1.29 is 22.7 Å². The summed E-state index contributed by atoms with van der Waals surface area (Å²) in [5, 5.41) is 18.2. The first-order valence-electron chi connectivity index (χ1n) is 8.37. The maximum Gasteiger partial charge on any atom is 0.342 e. The van der Waals surface area contributed by atoms with E-state index in [4.69, 9.17) is 16.7 Å². The molecule has 0 aliphatic carbocycles. The number of benzene rings is 2. The molecule has 0 unspecified atom stereocenters. The van der Waals surface area contributed by atoms with Gasteiger partial charge in [-0.3, -0.25) is 0 Å². The lowest BCUT2D eigenvalue weighted by molar-refractivity contribution is 0.0694. The van der Waals surface area contributed by atoms with Gasteiger partial charge in [-0.15, -0.1) is 0 Å². The fraction of sp³-hybridized carbons (Fsp3) is 0. The number of aromatic carboxylic acids is 1. The molecule has 0 atom stereocenters. The molecule has 0 radical (unpaired) electrons. The van der Waals surface area contributed by atoms with E-state index in [-0.39, 0.29) is 11.3 Å². The lowest BCUT2D eigenvalue weighted by atomic mass is 10.0. The first kappa shape index (κ1) is 20.0. The van der Waals surface area contributed by atoms with E-state index in [1.54, 1.807) is 24.3 Å². The molecule has 3 N–H and O–H groups in total. The van der Waals surface area contributed by atoms with Gasteiger partial charge in [0.05, 0.1) is 5.69 Å². The Balaban J connectivity index is 2.19. The topological polar surface area (TPSA) is 128 Å². The highest BCUT2D eigenvalue weighted by Crippen LogP contribution is 2.36. The molecule has 0 aliphatic heterocycles. The van der Waals surface area contributed by atoms with E-state index in [2.05, 4.69) is 10.1 Å². The smallest absolute Gasteiger partial charge is 0.342 e. The lowest BCUT2D eigenvalue weighted by Gasteiger charge is -2.13. The van der Waals surface area contributed by atoms with Crippen LogP contribution in [0.15, 0.2) is 59.8 Å². The van der Waals surface area contributed by atoms with Gasteiger partial charge in [-0.25, -0.2) is 32.2 Å². The van der Waals surface area contributed by atoms with E-state index in [1.807, 2.05) is 0 Å². The summed E-state index contributed by atoms with van der Waals surface area (Å²) in [6.45, 7) is 0. The number of aromatic nitrogens is 3. The number of primary sulfonamides is 1. The summed E-state index contributed by atoms with van der Waals surface area (Å²) in [4.78, 5) is 15.9. The van der Waals surface area contributed by atoms with E-state index in [0.29, 0.717) is 21.7 Å². The number of carboxylic acid groups (broad SMARTS) is 1. The third-order valence-corrected chi connectivity index (χ3v) is 5.53. The molecule has 11 heteroatoms. The maximum absolute atomic E-state index is 13.5. The molecule has 2 aromatic carbocycles. The van der Waals surface area contributed by atoms with Gasteiger partial charge in [0.15, 0.2) is 5.65 Å². The molecule has 152 valence electrons.